The summed E-state index contributed by atoms with van der Waals surface area (Å²) >= 11 is 6.04. The van der Waals surface area contributed by atoms with E-state index in [4.69, 9.17) is 17.3 Å². The Morgan fingerprint density at radius 3 is 2.86 bits per heavy atom. The van der Waals surface area contributed by atoms with Gasteiger partial charge in [0.2, 0.25) is 0 Å². The summed E-state index contributed by atoms with van der Waals surface area (Å²) in [6.07, 6.45) is 3.77. The molecule has 0 saturated heterocycles. The predicted molar refractivity (Wildman–Crippen MR) is 58.6 cm³/mol. The molecular weight excluding hydrogens is 194 g/mol. The van der Waals surface area contributed by atoms with E-state index in [0.717, 1.165) is 18.0 Å². The molecule has 1 spiro atoms. The maximum Gasteiger partial charge on any atom is 0.0409 e. The van der Waals surface area contributed by atoms with Gasteiger partial charge in [0.1, 0.15) is 0 Å². The van der Waals surface area contributed by atoms with E-state index in [1.165, 1.54) is 24.0 Å². The second-order valence-corrected chi connectivity index (χ2v) is 5.03. The van der Waals surface area contributed by atoms with Crippen LogP contribution in [-0.4, -0.2) is 6.54 Å². The molecular formula is C12H14ClN. The van der Waals surface area contributed by atoms with Crippen LogP contribution in [0.15, 0.2) is 18.2 Å². The third-order valence-corrected chi connectivity index (χ3v) is 4.16. The number of hydrogen-bond acceptors (Lipinski definition) is 1. The Morgan fingerprint density at radius 2 is 2.21 bits per heavy atom. The molecule has 1 saturated carbocycles. The Hall–Kier alpha value is -0.530. The summed E-state index contributed by atoms with van der Waals surface area (Å²) in [5, 5.41) is 0.868. The van der Waals surface area contributed by atoms with Crippen LogP contribution < -0.4 is 5.73 Å². The van der Waals surface area contributed by atoms with Gasteiger partial charge in [-0.15, -0.1) is 0 Å². The summed E-state index contributed by atoms with van der Waals surface area (Å²) < 4.78 is 0. The van der Waals surface area contributed by atoms with Crippen LogP contribution in [0.3, 0.4) is 0 Å². The van der Waals surface area contributed by atoms with Crippen LogP contribution in [0, 0.1) is 5.92 Å². The van der Waals surface area contributed by atoms with Gasteiger partial charge in [0.25, 0.3) is 0 Å². The van der Waals surface area contributed by atoms with Crippen molar-refractivity contribution in [3.05, 3.63) is 34.3 Å². The van der Waals surface area contributed by atoms with Gasteiger partial charge in [0.05, 0.1) is 0 Å². The zero-order chi connectivity index (χ0) is 9.76. The van der Waals surface area contributed by atoms with Gasteiger partial charge in [-0.3, -0.25) is 0 Å². The molecule has 0 radical (unpaired) electrons. The zero-order valence-corrected chi connectivity index (χ0v) is 8.85. The van der Waals surface area contributed by atoms with E-state index in [0.29, 0.717) is 11.3 Å². The lowest BCUT2D eigenvalue weighted by Crippen LogP contribution is -2.23. The normalized spacial score (nSPS) is 26.6. The highest BCUT2D eigenvalue weighted by atomic mass is 35.5. The van der Waals surface area contributed by atoms with Crippen molar-refractivity contribution >= 4 is 11.6 Å². The molecule has 2 aliphatic rings. The summed E-state index contributed by atoms with van der Waals surface area (Å²) in [4.78, 5) is 0. The number of nitrogens with two attached hydrogens (primary N) is 1. The molecule has 0 amide bonds. The first kappa shape index (κ1) is 8.75. The molecule has 1 aromatic carbocycles. The Kier molecular flexibility index (Phi) is 1.71. The molecule has 2 aliphatic carbocycles. The summed E-state index contributed by atoms with van der Waals surface area (Å²) in [5.41, 5.74) is 9.22. The Labute approximate surface area is 89.3 Å². The van der Waals surface area contributed by atoms with Crippen molar-refractivity contribution in [3.63, 3.8) is 0 Å². The van der Waals surface area contributed by atoms with Crippen LogP contribution in [0.25, 0.3) is 0 Å². The Morgan fingerprint density at radius 1 is 1.43 bits per heavy atom. The number of hydrogen-bond donors (Lipinski definition) is 1. The molecule has 14 heavy (non-hydrogen) atoms. The quantitative estimate of drug-likeness (QED) is 0.753. The smallest absolute Gasteiger partial charge is 0.0409 e. The molecule has 0 bridgehead atoms. The van der Waals surface area contributed by atoms with Crippen molar-refractivity contribution in [1.29, 1.82) is 0 Å². The first-order chi connectivity index (χ1) is 6.76. The molecule has 1 nitrogen and oxygen atoms in total. The molecule has 1 atom stereocenters. The van der Waals surface area contributed by atoms with Gasteiger partial charge in [0.15, 0.2) is 0 Å². The zero-order valence-electron chi connectivity index (χ0n) is 8.09. The van der Waals surface area contributed by atoms with Gasteiger partial charge in [-0.1, -0.05) is 17.7 Å². The molecule has 2 N–H and O–H groups in total. The maximum atomic E-state index is 6.04. The number of benzene rings is 1. The molecule has 1 unspecified atom stereocenters. The average molecular weight is 208 g/mol. The van der Waals surface area contributed by atoms with Gasteiger partial charge in [0, 0.05) is 10.4 Å². The maximum absolute atomic E-state index is 6.04. The molecule has 3 rings (SSSR count). The lowest BCUT2D eigenvalue weighted by molar-refractivity contribution is 0.450. The van der Waals surface area contributed by atoms with Crippen molar-refractivity contribution in [1.82, 2.24) is 0 Å². The fourth-order valence-corrected chi connectivity index (χ4v) is 3.16. The Balaban J connectivity index is 2.11. The van der Waals surface area contributed by atoms with Crippen LogP contribution in [0.2, 0.25) is 5.02 Å². The van der Waals surface area contributed by atoms with Gasteiger partial charge in [-0.2, -0.15) is 0 Å². The first-order valence-electron chi connectivity index (χ1n) is 5.25. The predicted octanol–water partition coefficient (Wildman–Crippen LogP) is 2.50. The van der Waals surface area contributed by atoms with E-state index in [-0.39, 0.29) is 0 Å². The molecule has 1 aromatic rings. The highest BCUT2D eigenvalue weighted by Crippen LogP contribution is 2.59. The average Bonchev–Trinajstić information content (AvgIpc) is 2.90. The van der Waals surface area contributed by atoms with Crippen molar-refractivity contribution in [2.45, 2.75) is 24.7 Å². The van der Waals surface area contributed by atoms with E-state index in [2.05, 4.69) is 12.1 Å². The largest absolute Gasteiger partial charge is 0.330 e. The van der Waals surface area contributed by atoms with Crippen molar-refractivity contribution in [2.24, 2.45) is 11.7 Å². The first-order valence-corrected chi connectivity index (χ1v) is 5.63. The summed E-state index contributed by atoms with van der Waals surface area (Å²) in [6, 6.07) is 6.32. The van der Waals surface area contributed by atoms with E-state index in [1.807, 2.05) is 6.07 Å². The molecule has 0 aliphatic heterocycles. The van der Waals surface area contributed by atoms with Crippen LogP contribution in [0.5, 0.6) is 0 Å². The molecule has 0 aromatic heterocycles. The Bertz CT molecular complexity index is 382. The highest BCUT2D eigenvalue weighted by Gasteiger charge is 2.54. The van der Waals surface area contributed by atoms with Crippen LogP contribution in [-0.2, 0) is 11.8 Å². The second-order valence-electron chi connectivity index (χ2n) is 4.59. The summed E-state index contributed by atoms with van der Waals surface area (Å²) in [6.45, 7) is 0.812. The van der Waals surface area contributed by atoms with Gasteiger partial charge in [-0.25, -0.2) is 0 Å². The van der Waals surface area contributed by atoms with E-state index < -0.39 is 0 Å². The lowest BCUT2D eigenvalue weighted by Gasteiger charge is -2.16. The minimum absolute atomic E-state index is 0.426. The van der Waals surface area contributed by atoms with Crippen molar-refractivity contribution in [3.8, 4) is 0 Å². The van der Waals surface area contributed by atoms with E-state index in [9.17, 15) is 0 Å². The molecule has 74 valence electrons. The fourth-order valence-electron chi connectivity index (χ4n) is 2.99. The highest BCUT2D eigenvalue weighted by molar-refractivity contribution is 6.30. The number of rotatable bonds is 1. The van der Waals surface area contributed by atoms with Gasteiger partial charge in [-0.05, 0) is 55.0 Å². The minimum atomic E-state index is 0.426. The van der Waals surface area contributed by atoms with Crippen LogP contribution in [0.4, 0.5) is 0 Å². The van der Waals surface area contributed by atoms with Crippen LogP contribution >= 0.6 is 11.6 Å². The van der Waals surface area contributed by atoms with Crippen LogP contribution in [0.1, 0.15) is 24.0 Å². The SMILES string of the molecule is NCC1Cc2ccc(Cl)cc2C12CC2. The topological polar surface area (TPSA) is 26.0 Å². The monoisotopic (exact) mass is 207 g/mol. The standard InChI is InChI=1S/C12H14ClN/c13-10-2-1-8-5-9(7-14)12(3-4-12)11(8)6-10/h1-2,6,9H,3-5,7,14H2. The van der Waals surface area contributed by atoms with Crippen molar-refractivity contribution in [2.75, 3.05) is 6.54 Å². The lowest BCUT2D eigenvalue weighted by atomic mass is 9.89. The van der Waals surface area contributed by atoms with Gasteiger partial charge < -0.3 is 5.73 Å². The summed E-state index contributed by atoms with van der Waals surface area (Å²) in [7, 11) is 0. The fraction of sp³-hybridized carbons (Fsp3) is 0.500. The minimum Gasteiger partial charge on any atom is -0.330 e. The summed E-state index contributed by atoms with van der Waals surface area (Å²) in [5.74, 6) is 0.663. The third-order valence-electron chi connectivity index (χ3n) is 3.93. The molecule has 0 heterocycles. The number of fused-ring (bicyclic) bond motifs is 2. The molecule has 1 fully saturated rings. The molecule has 2 heteroatoms. The van der Waals surface area contributed by atoms with E-state index in [1.54, 1.807) is 0 Å². The third kappa shape index (κ3) is 0.999. The van der Waals surface area contributed by atoms with Gasteiger partial charge >= 0.3 is 0 Å². The van der Waals surface area contributed by atoms with Crippen molar-refractivity contribution < 1.29 is 0 Å². The number of halogens is 1. The van der Waals surface area contributed by atoms with E-state index >= 15 is 0 Å². The second kappa shape index (κ2) is 2.74.